The summed E-state index contributed by atoms with van der Waals surface area (Å²) in [5, 5.41) is 0. The highest BCUT2D eigenvalue weighted by Gasteiger charge is 2.28. The van der Waals surface area contributed by atoms with Crippen LogP contribution in [0.25, 0.3) is 0 Å². The lowest BCUT2D eigenvalue weighted by Crippen LogP contribution is -2.40. The Hall–Kier alpha value is -2.39. The number of anilines is 1. The van der Waals surface area contributed by atoms with Crippen molar-refractivity contribution in [2.24, 2.45) is 0 Å². The first kappa shape index (κ1) is 22.8. The van der Waals surface area contributed by atoms with Crippen LogP contribution in [0.3, 0.4) is 0 Å². The van der Waals surface area contributed by atoms with Gasteiger partial charge in [0.05, 0.1) is 42.7 Å². The molecule has 0 unspecified atom stereocenters. The van der Waals surface area contributed by atoms with Gasteiger partial charge in [0.2, 0.25) is 5.95 Å². The van der Waals surface area contributed by atoms with Crippen molar-refractivity contribution in [3.63, 3.8) is 0 Å². The fourth-order valence-electron chi connectivity index (χ4n) is 4.29. The summed E-state index contributed by atoms with van der Waals surface area (Å²) < 4.78 is 40.7. The van der Waals surface area contributed by atoms with Crippen LogP contribution in [0.15, 0.2) is 41.6 Å². The van der Waals surface area contributed by atoms with Gasteiger partial charge in [-0.05, 0) is 62.8 Å². The second-order valence-electron chi connectivity index (χ2n) is 8.51. The molecule has 1 aromatic heterocycles. The van der Waals surface area contributed by atoms with Gasteiger partial charge in [-0.2, -0.15) is 0 Å². The van der Waals surface area contributed by atoms with Crippen LogP contribution >= 0.6 is 0 Å². The lowest BCUT2D eigenvalue weighted by molar-refractivity contribution is -0.0528. The van der Waals surface area contributed by atoms with Gasteiger partial charge < -0.3 is 19.1 Å². The van der Waals surface area contributed by atoms with E-state index in [4.69, 9.17) is 14.2 Å². The molecule has 1 aromatic carbocycles. The van der Waals surface area contributed by atoms with E-state index in [0.29, 0.717) is 10.6 Å². The molecule has 1 saturated heterocycles. The Morgan fingerprint density at radius 1 is 0.844 bits per heavy atom. The number of aromatic nitrogens is 2. The summed E-state index contributed by atoms with van der Waals surface area (Å²) in [6.07, 6.45) is 11.1. The Morgan fingerprint density at radius 2 is 1.41 bits per heavy atom. The van der Waals surface area contributed by atoms with Crippen LogP contribution < -0.4 is 14.4 Å². The standard InChI is InChI=1S/C23H31N3O5S/c1-29-21-15-24-23(25-16-21)26-13-11-20(12-14-26)31-18-5-3-17(4-6-18)30-19-7-9-22(10-8-19)32(2,27)28/h7-10,15-18,20H,3-6,11-14H2,1-2H3/t17-,18-. The minimum Gasteiger partial charge on any atom is -0.494 e. The molecule has 0 atom stereocenters. The Balaban J connectivity index is 1.18. The van der Waals surface area contributed by atoms with E-state index in [0.717, 1.165) is 63.3 Å². The molecule has 9 heteroatoms. The van der Waals surface area contributed by atoms with Gasteiger partial charge in [0.15, 0.2) is 15.6 Å². The number of rotatable bonds is 7. The molecule has 2 fully saturated rings. The van der Waals surface area contributed by atoms with Crippen molar-refractivity contribution in [3.8, 4) is 11.5 Å². The Morgan fingerprint density at radius 3 is 1.97 bits per heavy atom. The number of sulfone groups is 1. The lowest BCUT2D eigenvalue weighted by Gasteiger charge is -2.36. The first-order chi connectivity index (χ1) is 15.4. The van der Waals surface area contributed by atoms with Gasteiger partial charge >= 0.3 is 0 Å². The summed E-state index contributed by atoms with van der Waals surface area (Å²) in [6.45, 7) is 1.78. The molecule has 0 amide bonds. The van der Waals surface area contributed by atoms with Crippen LogP contribution in [0.1, 0.15) is 38.5 Å². The van der Waals surface area contributed by atoms with Crippen molar-refractivity contribution in [2.45, 2.75) is 61.7 Å². The molecule has 2 aromatic rings. The fraction of sp³-hybridized carbons (Fsp3) is 0.565. The Bertz CT molecular complexity index is 966. The van der Waals surface area contributed by atoms with Crippen molar-refractivity contribution in [2.75, 3.05) is 31.4 Å². The largest absolute Gasteiger partial charge is 0.494 e. The maximum atomic E-state index is 11.6. The Labute approximate surface area is 189 Å². The van der Waals surface area contributed by atoms with E-state index >= 15 is 0 Å². The second-order valence-corrected chi connectivity index (χ2v) is 10.5. The maximum absolute atomic E-state index is 11.6. The van der Waals surface area contributed by atoms with Crippen LogP contribution in [0.2, 0.25) is 0 Å². The molecule has 1 saturated carbocycles. The molecule has 32 heavy (non-hydrogen) atoms. The van der Waals surface area contributed by atoms with Gasteiger partial charge in [-0.15, -0.1) is 0 Å². The van der Waals surface area contributed by atoms with Gasteiger partial charge in [0.1, 0.15) is 5.75 Å². The minimum absolute atomic E-state index is 0.146. The van der Waals surface area contributed by atoms with E-state index in [1.54, 1.807) is 43.8 Å². The molecule has 2 heterocycles. The van der Waals surface area contributed by atoms with Crippen molar-refractivity contribution in [1.82, 2.24) is 9.97 Å². The van der Waals surface area contributed by atoms with Gasteiger partial charge in [-0.3, -0.25) is 0 Å². The quantitative estimate of drug-likeness (QED) is 0.621. The summed E-state index contributed by atoms with van der Waals surface area (Å²) in [5.41, 5.74) is 0. The first-order valence-electron chi connectivity index (χ1n) is 11.1. The topological polar surface area (TPSA) is 90.9 Å². The number of nitrogens with zero attached hydrogens (tertiary/aromatic N) is 3. The lowest BCUT2D eigenvalue weighted by atomic mass is 9.94. The van der Waals surface area contributed by atoms with E-state index in [1.165, 1.54) is 6.26 Å². The number of hydrogen-bond donors (Lipinski definition) is 0. The second kappa shape index (κ2) is 10.0. The highest BCUT2D eigenvalue weighted by molar-refractivity contribution is 7.90. The average molecular weight is 462 g/mol. The summed E-state index contributed by atoms with van der Waals surface area (Å²) >= 11 is 0. The zero-order valence-corrected chi connectivity index (χ0v) is 19.5. The zero-order valence-electron chi connectivity index (χ0n) is 18.6. The smallest absolute Gasteiger partial charge is 0.225 e. The van der Waals surface area contributed by atoms with Crippen LogP contribution in [0.4, 0.5) is 5.95 Å². The van der Waals surface area contributed by atoms with Crippen molar-refractivity contribution < 1.29 is 22.6 Å². The first-order valence-corrected chi connectivity index (χ1v) is 13.0. The van der Waals surface area contributed by atoms with E-state index < -0.39 is 9.84 Å². The third kappa shape index (κ3) is 5.89. The number of benzene rings is 1. The molecule has 1 aliphatic carbocycles. The molecule has 8 nitrogen and oxygen atoms in total. The Kier molecular flexibility index (Phi) is 7.15. The molecule has 1 aliphatic heterocycles. The molecule has 0 spiro atoms. The molecule has 0 radical (unpaired) electrons. The van der Waals surface area contributed by atoms with Crippen LogP contribution in [-0.4, -0.2) is 63.2 Å². The van der Waals surface area contributed by atoms with Crippen molar-refractivity contribution in [1.29, 1.82) is 0 Å². The highest BCUT2D eigenvalue weighted by Crippen LogP contribution is 2.29. The third-order valence-corrected chi connectivity index (χ3v) is 7.26. The molecule has 174 valence electrons. The predicted octanol–water partition coefficient (Wildman–Crippen LogP) is 3.26. The van der Waals surface area contributed by atoms with E-state index in [9.17, 15) is 8.42 Å². The molecule has 2 aliphatic rings. The maximum Gasteiger partial charge on any atom is 0.225 e. The van der Waals surface area contributed by atoms with E-state index in [2.05, 4.69) is 14.9 Å². The van der Waals surface area contributed by atoms with Crippen LogP contribution in [0, 0.1) is 0 Å². The van der Waals surface area contributed by atoms with Gasteiger partial charge in [0, 0.05) is 19.3 Å². The monoisotopic (exact) mass is 461 g/mol. The SMILES string of the molecule is COc1cnc(N2CCC(O[C@H]3CC[C@H](Oc4ccc(S(C)(=O)=O)cc4)CC3)CC2)nc1. The third-order valence-electron chi connectivity index (χ3n) is 6.14. The van der Waals surface area contributed by atoms with E-state index in [1.807, 2.05) is 0 Å². The van der Waals surface area contributed by atoms with Gasteiger partial charge in [0.25, 0.3) is 0 Å². The number of ether oxygens (including phenoxy) is 3. The van der Waals surface area contributed by atoms with E-state index in [-0.39, 0.29) is 18.3 Å². The number of piperidine rings is 1. The predicted molar refractivity (Wildman–Crippen MR) is 121 cm³/mol. The number of hydrogen-bond acceptors (Lipinski definition) is 8. The fourth-order valence-corrected chi connectivity index (χ4v) is 4.92. The van der Waals surface area contributed by atoms with Crippen molar-refractivity contribution in [3.05, 3.63) is 36.7 Å². The van der Waals surface area contributed by atoms with Crippen LogP contribution in [0.5, 0.6) is 11.5 Å². The molecule has 4 rings (SSSR count). The van der Waals surface area contributed by atoms with Gasteiger partial charge in [-0.1, -0.05) is 0 Å². The summed E-state index contributed by atoms with van der Waals surface area (Å²) in [4.78, 5) is 11.3. The summed E-state index contributed by atoms with van der Waals surface area (Å²) in [6, 6.07) is 6.67. The van der Waals surface area contributed by atoms with Crippen LogP contribution in [-0.2, 0) is 14.6 Å². The summed E-state index contributed by atoms with van der Waals surface area (Å²) in [5.74, 6) is 2.12. The number of methoxy groups -OCH3 is 1. The summed E-state index contributed by atoms with van der Waals surface area (Å²) in [7, 11) is -1.57. The molecular formula is C23H31N3O5S. The normalized spacial score (nSPS) is 22.5. The molecule has 0 N–H and O–H groups in total. The minimum atomic E-state index is -3.18. The molecule has 0 bridgehead atoms. The molecular weight excluding hydrogens is 430 g/mol. The van der Waals surface area contributed by atoms with Gasteiger partial charge in [-0.25, -0.2) is 18.4 Å². The van der Waals surface area contributed by atoms with Crippen molar-refractivity contribution >= 4 is 15.8 Å². The highest BCUT2D eigenvalue weighted by atomic mass is 32.2. The zero-order chi connectivity index (χ0) is 22.6. The average Bonchev–Trinajstić information content (AvgIpc) is 2.81.